The molecule has 0 aromatic rings. The molecule has 0 fully saturated rings. The summed E-state index contributed by atoms with van der Waals surface area (Å²) >= 11 is 0. The van der Waals surface area contributed by atoms with Gasteiger partial charge in [-0.15, -0.1) is 0 Å². The van der Waals surface area contributed by atoms with E-state index in [1.54, 1.807) is 0 Å². The third kappa shape index (κ3) is 5.76. The number of carbonyl (C=O) groups is 2. The summed E-state index contributed by atoms with van der Waals surface area (Å²) in [5.74, 6) is -0.782. The van der Waals surface area contributed by atoms with Crippen molar-refractivity contribution in [3.8, 4) is 22.3 Å². The smallest absolute Gasteiger partial charge is 0.338 e. The van der Waals surface area contributed by atoms with Crippen molar-refractivity contribution in [2.75, 3.05) is 13.2 Å². The molecule has 0 radical (unpaired) electrons. The molecule has 186 valence electrons. The number of rotatable bonds is 11. The van der Waals surface area contributed by atoms with Gasteiger partial charge in [0.25, 0.3) is 0 Å². The van der Waals surface area contributed by atoms with E-state index < -0.39 is 11.9 Å². The molecule has 0 atom stereocenters. The molecule has 0 aromatic heterocycles. The van der Waals surface area contributed by atoms with Gasteiger partial charge >= 0.3 is 11.9 Å². The number of hydrogen-bond donors (Lipinski definition) is 0. The van der Waals surface area contributed by atoms with E-state index in [-0.39, 0.29) is 13.2 Å². The van der Waals surface area contributed by atoms with Crippen LogP contribution in [0.3, 0.4) is 0 Å². The molecule has 0 aliphatic heterocycles. The highest BCUT2D eigenvalue weighted by Crippen LogP contribution is 2.34. The van der Waals surface area contributed by atoms with E-state index in [9.17, 15) is 9.59 Å². The third-order valence-electron chi connectivity index (χ3n) is 6.57. The molecular weight excluding hydrogens is 448 g/mol. The average molecular weight is 483 g/mol. The Kier molecular flexibility index (Phi) is 8.72. The number of unbranched alkanes of at least 4 members (excludes halogenated alkanes) is 2. The standard InChI is InChI=1S/C32H34O4/c1-3-5-13-23-21-29(27-17-11-7-9-15-25(23)27)31(33)35-19-20-36-32(34)30-22-24(14-6-4-2)26-16-10-8-12-18-28(26)30/h7-12,15-18,21-22H,3-6,13-14,19-20H2,1-2H3. The number of aryl methyl sites for hydroxylation is 2. The van der Waals surface area contributed by atoms with Crippen molar-refractivity contribution >= 4 is 11.9 Å². The first kappa shape index (κ1) is 25.4. The highest BCUT2D eigenvalue weighted by molar-refractivity contribution is 6.01. The lowest BCUT2D eigenvalue weighted by atomic mass is 10.0. The molecule has 0 unspecified atom stereocenters. The first-order valence-corrected chi connectivity index (χ1v) is 13.0. The summed E-state index contributed by atoms with van der Waals surface area (Å²) in [5.41, 5.74) is 7.41. The molecule has 0 saturated carbocycles. The summed E-state index contributed by atoms with van der Waals surface area (Å²) in [6, 6.07) is 23.7. The van der Waals surface area contributed by atoms with Crippen molar-refractivity contribution in [1.29, 1.82) is 0 Å². The van der Waals surface area contributed by atoms with Crippen LogP contribution in [0.25, 0.3) is 22.3 Å². The van der Waals surface area contributed by atoms with E-state index in [4.69, 9.17) is 9.47 Å². The lowest BCUT2D eigenvalue weighted by Crippen LogP contribution is -2.14. The summed E-state index contributed by atoms with van der Waals surface area (Å²) < 4.78 is 11.0. The number of carbonyl (C=O) groups excluding carboxylic acids is 2. The number of fused-ring (bicyclic) bond motifs is 2. The highest BCUT2D eigenvalue weighted by atomic mass is 16.6. The molecule has 4 nitrogen and oxygen atoms in total. The molecule has 4 aliphatic carbocycles. The molecule has 4 aliphatic rings. The SMILES string of the molecule is CCCCc1cc(C(=O)OCCOC(=O)c2cc(CCCC)c3cccccc2-3)c2cccccc1-2. The average Bonchev–Trinajstić information content (AvgIpc) is 3.16. The van der Waals surface area contributed by atoms with Crippen molar-refractivity contribution in [2.45, 2.75) is 52.4 Å². The molecule has 36 heavy (non-hydrogen) atoms. The second-order valence-corrected chi connectivity index (χ2v) is 9.12. The van der Waals surface area contributed by atoms with Crippen molar-refractivity contribution in [3.63, 3.8) is 0 Å². The summed E-state index contributed by atoms with van der Waals surface area (Å²) in [4.78, 5) is 25.8. The molecule has 0 amide bonds. The second kappa shape index (κ2) is 12.3. The molecule has 0 bridgehead atoms. The minimum atomic E-state index is -0.391. The molecule has 4 rings (SSSR count). The van der Waals surface area contributed by atoms with E-state index in [1.807, 2.05) is 60.7 Å². The van der Waals surface area contributed by atoms with Gasteiger partial charge in [-0.1, -0.05) is 87.4 Å². The van der Waals surface area contributed by atoms with Gasteiger partial charge in [0.15, 0.2) is 0 Å². The van der Waals surface area contributed by atoms with Crippen LogP contribution in [0.4, 0.5) is 0 Å². The van der Waals surface area contributed by atoms with Gasteiger partial charge in [-0.2, -0.15) is 0 Å². The lowest BCUT2D eigenvalue weighted by Gasteiger charge is -2.07. The quantitative estimate of drug-likeness (QED) is 0.163. The van der Waals surface area contributed by atoms with E-state index in [0.717, 1.165) is 71.9 Å². The Labute approximate surface area is 213 Å². The first-order valence-electron chi connectivity index (χ1n) is 13.0. The van der Waals surface area contributed by atoms with E-state index in [2.05, 4.69) is 26.0 Å². The molecule has 0 heterocycles. The van der Waals surface area contributed by atoms with E-state index in [0.29, 0.717) is 11.1 Å². The van der Waals surface area contributed by atoms with E-state index in [1.165, 1.54) is 0 Å². The summed E-state index contributed by atoms with van der Waals surface area (Å²) in [5, 5.41) is 0. The van der Waals surface area contributed by atoms with Crippen LogP contribution >= 0.6 is 0 Å². The molecule has 0 saturated heterocycles. The van der Waals surface area contributed by atoms with Crippen LogP contribution in [0.2, 0.25) is 0 Å². The minimum Gasteiger partial charge on any atom is -0.458 e. The van der Waals surface area contributed by atoms with Gasteiger partial charge in [0.1, 0.15) is 13.2 Å². The maximum atomic E-state index is 12.9. The van der Waals surface area contributed by atoms with Gasteiger partial charge in [-0.25, -0.2) is 9.59 Å². The monoisotopic (exact) mass is 482 g/mol. The van der Waals surface area contributed by atoms with Crippen molar-refractivity contribution < 1.29 is 19.1 Å². The fraction of sp³-hybridized carbons (Fsp3) is 0.312. The zero-order valence-electron chi connectivity index (χ0n) is 21.2. The van der Waals surface area contributed by atoms with Gasteiger partial charge in [0.2, 0.25) is 0 Å². The van der Waals surface area contributed by atoms with Crippen LogP contribution in [0.15, 0.2) is 72.8 Å². The van der Waals surface area contributed by atoms with E-state index >= 15 is 0 Å². The molecule has 0 N–H and O–H groups in total. The Morgan fingerprint density at radius 1 is 0.583 bits per heavy atom. The maximum absolute atomic E-state index is 12.9. The summed E-state index contributed by atoms with van der Waals surface area (Å²) in [6.07, 6.45) is 6.16. The van der Waals surface area contributed by atoms with Crippen molar-refractivity contribution in [1.82, 2.24) is 0 Å². The van der Waals surface area contributed by atoms with Gasteiger partial charge < -0.3 is 9.47 Å². The summed E-state index contributed by atoms with van der Waals surface area (Å²) in [7, 11) is 0. The third-order valence-corrected chi connectivity index (χ3v) is 6.57. The molecular formula is C32H34O4. The van der Waals surface area contributed by atoms with Crippen LogP contribution in [-0.2, 0) is 22.3 Å². The zero-order chi connectivity index (χ0) is 25.3. The largest absolute Gasteiger partial charge is 0.458 e. The van der Waals surface area contributed by atoms with Crippen LogP contribution in [0.5, 0.6) is 0 Å². The number of hydrogen-bond acceptors (Lipinski definition) is 4. The van der Waals surface area contributed by atoms with Crippen LogP contribution in [0.1, 0.15) is 71.4 Å². The van der Waals surface area contributed by atoms with Crippen LogP contribution in [-0.4, -0.2) is 25.2 Å². The highest BCUT2D eigenvalue weighted by Gasteiger charge is 2.22. The zero-order valence-corrected chi connectivity index (χ0v) is 21.2. The van der Waals surface area contributed by atoms with Gasteiger partial charge in [0.05, 0.1) is 11.1 Å². The fourth-order valence-electron chi connectivity index (χ4n) is 4.69. The Morgan fingerprint density at radius 3 is 1.36 bits per heavy atom. The number of ether oxygens (including phenoxy) is 2. The number of esters is 2. The van der Waals surface area contributed by atoms with Crippen molar-refractivity contribution in [2.24, 2.45) is 0 Å². The Bertz CT molecular complexity index is 1160. The van der Waals surface area contributed by atoms with Crippen LogP contribution < -0.4 is 0 Å². The predicted molar refractivity (Wildman–Crippen MR) is 144 cm³/mol. The van der Waals surface area contributed by atoms with Crippen LogP contribution in [0, 0.1) is 0 Å². The minimum absolute atomic E-state index is 0.00953. The second-order valence-electron chi connectivity index (χ2n) is 9.12. The molecule has 0 aromatic carbocycles. The Morgan fingerprint density at radius 2 is 0.972 bits per heavy atom. The molecule has 4 heteroatoms. The predicted octanol–water partition coefficient (Wildman–Crippen LogP) is 7.60. The fourth-order valence-corrected chi connectivity index (χ4v) is 4.69. The van der Waals surface area contributed by atoms with Crippen molar-refractivity contribution in [3.05, 3.63) is 95.1 Å². The Balaban J connectivity index is 1.40. The Hall–Kier alpha value is -3.66. The topological polar surface area (TPSA) is 52.6 Å². The first-order chi connectivity index (χ1) is 17.6. The maximum Gasteiger partial charge on any atom is 0.338 e. The van der Waals surface area contributed by atoms with Gasteiger partial charge in [-0.05, 0) is 71.2 Å². The summed E-state index contributed by atoms with van der Waals surface area (Å²) in [6.45, 7) is 4.34. The van der Waals surface area contributed by atoms with Gasteiger partial charge in [-0.3, -0.25) is 0 Å². The molecule has 0 spiro atoms. The normalized spacial score (nSPS) is 11.1. The van der Waals surface area contributed by atoms with Gasteiger partial charge in [0, 0.05) is 0 Å². The lowest BCUT2D eigenvalue weighted by molar-refractivity contribution is 0.0267.